The molecule has 0 unspecified atom stereocenters. The lowest BCUT2D eigenvalue weighted by molar-refractivity contribution is -0.139. The van der Waals surface area contributed by atoms with Crippen LogP contribution in [0, 0.1) is 0 Å². The van der Waals surface area contributed by atoms with Crippen LogP contribution in [0.1, 0.15) is 11.1 Å². The number of benzene rings is 2. The van der Waals surface area contributed by atoms with E-state index in [0.29, 0.717) is 13.0 Å². The van der Waals surface area contributed by atoms with Gasteiger partial charge in [0.25, 0.3) is 0 Å². The van der Waals surface area contributed by atoms with Gasteiger partial charge in [0.15, 0.2) is 0 Å². The van der Waals surface area contributed by atoms with Crippen LogP contribution in [-0.4, -0.2) is 19.7 Å². The number of carbonyl (C=O) groups excluding carboxylic acids is 1. The lowest BCUT2D eigenvalue weighted by atomic mass is 10.1. The van der Waals surface area contributed by atoms with E-state index in [1.165, 1.54) is 12.7 Å². The van der Waals surface area contributed by atoms with Crippen LogP contribution in [0.4, 0.5) is 0 Å². The highest BCUT2D eigenvalue weighted by Gasteiger charge is 2.02. The number of esters is 1. The SMILES string of the molecule is COC(=O)Cc1ccc(OCCc2ccccc2)cc1. The molecule has 0 aromatic heterocycles. The van der Waals surface area contributed by atoms with Crippen molar-refractivity contribution in [1.82, 2.24) is 0 Å². The number of hydrogen-bond donors (Lipinski definition) is 0. The molecule has 104 valence electrons. The smallest absolute Gasteiger partial charge is 0.309 e. The molecule has 0 aliphatic rings. The van der Waals surface area contributed by atoms with Gasteiger partial charge < -0.3 is 9.47 Å². The van der Waals surface area contributed by atoms with Crippen LogP contribution in [0.5, 0.6) is 5.75 Å². The fraction of sp³-hybridized carbons (Fsp3) is 0.235. The van der Waals surface area contributed by atoms with Crippen molar-refractivity contribution in [2.24, 2.45) is 0 Å². The highest BCUT2D eigenvalue weighted by Crippen LogP contribution is 2.13. The van der Waals surface area contributed by atoms with Crippen molar-refractivity contribution in [2.45, 2.75) is 12.8 Å². The number of ether oxygens (including phenoxy) is 2. The summed E-state index contributed by atoms with van der Waals surface area (Å²) >= 11 is 0. The maximum Gasteiger partial charge on any atom is 0.309 e. The quantitative estimate of drug-likeness (QED) is 0.757. The molecule has 2 aromatic rings. The highest BCUT2D eigenvalue weighted by atomic mass is 16.5. The fourth-order valence-corrected chi connectivity index (χ4v) is 1.87. The number of methoxy groups -OCH3 is 1. The Hall–Kier alpha value is -2.29. The molecule has 0 amide bonds. The predicted octanol–water partition coefficient (Wildman–Crippen LogP) is 3.02. The molecule has 2 rings (SSSR count). The third kappa shape index (κ3) is 4.43. The third-order valence-electron chi connectivity index (χ3n) is 3.00. The molecule has 0 saturated heterocycles. The third-order valence-corrected chi connectivity index (χ3v) is 3.00. The van der Waals surface area contributed by atoms with Gasteiger partial charge in [0.1, 0.15) is 5.75 Å². The second kappa shape index (κ2) is 7.34. The van der Waals surface area contributed by atoms with Gasteiger partial charge in [-0.2, -0.15) is 0 Å². The Morgan fingerprint density at radius 2 is 1.65 bits per heavy atom. The van der Waals surface area contributed by atoms with Crippen LogP contribution >= 0.6 is 0 Å². The minimum atomic E-state index is -0.234. The number of hydrogen-bond acceptors (Lipinski definition) is 3. The van der Waals surface area contributed by atoms with E-state index < -0.39 is 0 Å². The second-order valence-corrected chi connectivity index (χ2v) is 4.48. The summed E-state index contributed by atoms with van der Waals surface area (Å²) in [6.45, 7) is 0.639. The summed E-state index contributed by atoms with van der Waals surface area (Å²) in [6, 6.07) is 17.7. The fourth-order valence-electron chi connectivity index (χ4n) is 1.87. The molecule has 3 nitrogen and oxygen atoms in total. The van der Waals surface area contributed by atoms with Crippen molar-refractivity contribution in [1.29, 1.82) is 0 Å². The zero-order valence-corrected chi connectivity index (χ0v) is 11.5. The van der Waals surface area contributed by atoms with Gasteiger partial charge in [0.2, 0.25) is 0 Å². The Labute approximate surface area is 119 Å². The number of rotatable bonds is 6. The lowest BCUT2D eigenvalue weighted by Crippen LogP contribution is -2.04. The molecule has 0 N–H and O–H groups in total. The van der Waals surface area contributed by atoms with Crippen molar-refractivity contribution in [3.63, 3.8) is 0 Å². The van der Waals surface area contributed by atoms with Gasteiger partial charge in [0.05, 0.1) is 20.1 Å². The minimum absolute atomic E-state index is 0.234. The normalized spacial score (nSPS) is 10.1. The van der Waals surface area contributed by atoms with E-state index in [1.54, 1.807) is 0 Å². The van der Waals surface area contributed by atoms with Gasteiger partial charge in [0, 0.05) is 6.42 Å². The van der Waals surface area contributed by atoms with Gasteiger partial charge in [-0.15, -0.1) is 0 Å². The molecule has 0 radical (unpaired) electrons. The first-order chi connectivity index (χ1) is 9.78. The summed E-state index contributed by atoms with van der Waals surface area (Å²) in [5.74, 6) is 0.581. The van der Waals surface area contributed by atoms with Crippen LogP contribution in [0.2, 0.25) is 0 Å². The second-order valence-electron chi connectivity index (χ2n) is 4.48. The summed E-state index contributed by atoms with van der Waals surface area (Å²) in [5.41, 5.74) is 2.18. The highest BCUT2D eigenvalue weighted by molar-refractivity contribution is 5.72. The average molecular weight is 270 g/mol. The summed E-state index contributed by atoms with van der Waals surface area (Å²) in [5, 5.41) is 0. The summed E-state index contributed by atoms with van der Waals surface area (Å²) in [6.07, 6.45) is 1.17. The van der Waals surface area contributed by atoms with Crippen molar-refractivity contribution in [3.05, 3.63) is 65.7 Å². The van der Waals surface area contributed by atoms with Crippen LogP contribution in [0.3, 0.4) is 0 Å². The van der Waals surface area contributed by atoms with E-state index in [1.807, 2.05) is 42.5 Å². The van der Waals surface area contributed by atoms with Gasteiger partial charge in [-0.25, -0.2) is 0 Å². The van der Waals surface area contributed by atoms with Gasteiger partial charge in [-0.1, -0.05) is 42.5 Å². The zero-order chi connectivity index (χ0) is 14.2. The Morgan fingerprint density at radius 3 is 2.30 bits per heavy atom. The molecule has 3 heteroatoms. The van der Waals surface area contributed by atoms with Gasteiger partial charge in [-0.05, 0) is 23.3 Å². The van der Waals surface area contributed by atoms with Crippen molar-refractivity contribution in [3.8, 4) is 5.75 Å². The first kappa shape index (κ1) is 14.1. The first-order valence-corrected chi connectivity index (χ1v) is 6.60. The Bertz CT molecular complexity index is 532. The van der Waals surface area contributed by atoms with E-state index in [9.17, 15) is 4.79 Å². The van der Waals surface area contributed by atoms with E-state index in [-0.39, 0.29) is 5.97 Å². The van der Waals surface area contributed by atoms with E-state index in [4.69, 9.17) is 4.74 Å². The standard InChI is InChI=1S/C17H18O3/c1-19-17(18)13-15-7-9-16(10-8-15)20-12-11-14-5-3-2-4-6-14/h2-10H,11-13H2,1H3. The Kier molecular flexibility index (Phi) is 5.18. The van der Waals surface area contributed by atoms with Gasteiger partial charge >= 0.3 is 5.97 Å². The molecule has 0 spiro atoms. The molecule has 0 atom stereocenters. The lowest BCUT2D eigenvalue weighted by Gasteiger charge is -2.07. The summed E-state index contributed by atoms with van der Waals surface area (Å²) in [7, 11) is 1.39. The van der Waals surface area contributed by atoms with Crippen molar-refractivity contribution < 1.29 is 14.3 Å². The van der Waals surface area contributed by atoms with Crippen molar-refractivity contribution in [2.75, 3.05) is 13.7 Å². The molecule has 0 aliphatic carbocycles. The molecule has 2 aromatic carbocycles. The van der Waals surface area contributed by atoms with E-state index in [0.717, 1.165) is 17.7 Å². The molecule has 0 saturated carbocycles. The Morgan fingerprint density at radius 1 is 0.950 bits per heavy atom. The predicted molar refractivity (Wildman–Crippen MR) is 77.8 cm³/mol. The van der Waals surface area contributed by atoms with E-state index in [2.05, 4.69) is 16.9 Å². The van der Waals surface area contributed by atoms with Crippen LogP contribution in [0.25, 0.3) is 0 Å². The molecule has 0 aliphatic heterocycles. The summed E-state index contributed by atoms with van der Waals surface area (Å²) < 4.78 is 10.3. The molecular formula is C17H18O3. The number of carbonyl (C=O) groups is 1. The maximum atomic E-state index is 11.1. The molecule has 20 heavy (non-hydrogen) atoms. The topological polar surface area (TPSA) is 35.5 Å². The molecule has 0 fully saturated rings. The zero-order valence-electron chi connectivity index (χ0n) is 11.5. The monoisotopic (exact) mass is 270 g/mol. The molecule has 0 bridgehead atoms. The molecule has 0 heterocycles. The summed E-state index contributed by atoms with van der Waals surface area (Å²) in [4.78, 5) is 11.1. The maximum absolute atomic E-state index is 11.1. The molecular weight excluding hydrogens is 252 g/mol. The largest absolute Gasteiger partial charge is 0.493 e. The van der Waals surface area contributed by atoms with Crippen LogP contribution < -0.4 is 4.74 Å². The minimum Gasteiger partial charge on any atom is -0.493 e. The van der Waals surface area contributed by atoms with Crippen LogP contribution in [-0.2, 0) is 22.4 Å². The van der Waals surface area contributed by atoms with E-state index >= 15 is 0 Å². The van der Waals surface area contributed by atoms with Gasteiger partial charge in [-0.3, -0.25) is 4.79 Å². The average Bonchev–Trinajstić information content (AvgIpc) is 2.50. The first-order valence-electron chi connectivity index (χ1n) is 6.60. The Balaban J connectivity index is 1.80. The van der Waals surface area contributed by atoms with Crippen LogP contribution in [0.15, 0.2) is 54.6 Å². The van der Waals surface area contributed by atoms with Crippen molar-refractivity contribution >= 4 is 5.97 Å².